The van der Waals surface area contributed by atoms with Crippen LogP contribution in [0.15, 0.2) is 24.4 Å². The van der Waals surface area contributed by atoms with Gasteiger partial charge < -0.3 is 19.9 Å². The molecule has 2 N–H and O–H groups in total. The largest absolute Gasteiger partial charge is 0.479 e. The number of carboxylic acid groups (broad SMARTS) is 1. The summed E-state index contributed by atoms with van der Waals surface area (Å²) in [5.41, 5.74) is -0.882. The number of hydrogen-bond acceptors (Lipinski definition) is 6. The summed E-state index contributed by atoms with van der Waals surface area (Å²) in [4.78, 5) is 48.0. The Balaban J connectivity index is 2.59. The Morgan fingerprint density at radius 2 is 1.67 bits per heavy atom. The summed E-state index contributed by atoms with van der Waals surface area (Å²) in [6, 6.07) is 2.94. The maximum Gasteiger partial charge on any atom is 0.419 e. The number of carbonyl (C=O) groups is 4. The van der Waals surface area contributed by atoms with Crippen LogP contribution in [0.3, 0.4) is 0 Å². The number of aldehydes is 1. The number of aromatic nitrogens is 1. The zero-order valence-electron chi connectivity index (χ0n) is 17.8. The lowest BCUT2D eigenvalue weighted by molar-refractivity contribution is -0.139. The van der Waals surface area contributed by atoms with Crippen LogP contribution in [0, 0.1) is 0 Å². The standard InChI is InChI=1S/C21H26N2O7/c1-20(2,3)29-18(27)22-16(17(25)26)14-10-23(19(28)30-21(4,5)6)15-8-7-12(11-24)9-13(14)15/h7-11,16H,1-6H3,(H,22,27)(H,25,26). The third-order valence-electron chi connectivity index (χ3n) is 3.80. The summed E-state index contributed by atoms with van der Waals surface area (Å²) in [5, 5.41) is 12.3. The van der Waals surface area contributed by atoms with Gasteiger partial charge in [0, 0.05) is 22.7 Å². The molecule has 1 aromatic heterocycles. The number of nitrogens with one attached hydrogen (secondary N) is 1. The van der Waals surface area contributed by atoms with Crippen LogP contribution >= 0.6 is 0 Å². The summed E-state index contributed by atoms with van der Waals surface area (Å²) in [5.74, 6) is -1.36. The first kappa shape index (κ1) is 22.9. The molecule has 9 nitrogen and oxygen atoms in total. The Bertz CT molecular complexity index is 993. The Labute approximate surface area is 173 Å². The number of amides is 1. The first-order chi connectivity index (χ1) is 13.7. The first-order valence-corrected chi connectivity index (χ1v) is 9.28. The minimum absolute atomic E-state index is 0.109. The van der Waals surface area contributed by atoms with Crippen molar-refractivity contribution in [2.24, 2.45) is 0 Å². The fourth-order valence-electron chi connectivity index (χ4n) is 2.74. The molecule has 2 aromatic rings. The molecular weight excluding hydrogens is 392 g/mol. The number of ether oxygens (including phenoxy) is 2. The third kappa shape index (κ3) is 5.59. The van der Waals surface area contributed by atoms with Crippen molar-refractivity contribution >= 4 is 35.3 Å². The van der Waals surface area contributed by atoms with Gasteiger partial charge in [0.25, 0.3) is 0 Å². The van der Waals surface area contributed by atoms with Crippen molar-refractivity contribution < 1.29 is 33.8 Å². The molecule has 0 aliphatic carbocycles. The number of nitrogens with zero attached hydrogens (tertiary/aromatic N) is 1. The lowest BCUT2D eigenvalue weighted by atomic mass is 10.0. The molecule has 1 unspecified atom stereocenters. The summed E-state index contributed by atoms with van der Waals surface area (Å²) in [6.45, 7) is 10.0. The van der Waals surface area contributed by atoms with Crippen LogP contribution in [0.1, 0.15) is 63.5 Å². The highest BCUT2D eigenvalue weighted by molar-refractivity contribution is 5.98. The van der Waals surface area contributed by atoms with E-state index in [0.29, 0.717) is 17.2 Å². The molecule has 1 atom stereocenters. The van der Waals surface area contributed by atoms with Gasteiger partial charge >= 0.3 is 18.2 Å². The smallest absolute Gasteiger partial charge is 0.419 e. The molecule has 0 spiro atoms. The van der Waals surface area contributed by atoms with E-state index in [1.165, 1.54) is 24.4 Å². The van der Waals surface area contributed by atoms with Crippen molar-refractivity contribution in [3.63, 3.8) is 0 Å². The molecule has 0 bridgehead atoms. The molecule has 0 aliphatic rings. The Morgan fingerprint density at radius 1 is 1.07 bits per heavy atom. The van der Waals surface area contributed by atoms with Crippen LogP contribution in [0.2, 0.25) is 0 Å². The molecule has 0 fully saturated rings. The number of carboxylic acids is 1. The third-order valence-corrected chi connectivity index (χ3v) is 3.80. The number of carbonyl (C=O) groups excluding carboxylic acids is 3. The van der Waals surface area contributed by atoms with Gasteiger partial charge in [-0.15, -0.1) is 0 Å². The van der Waals surface area contributed by atoms with E-state index in [1.807, 2.05) is 0 Å². The number of hydrogen-bond donors (Lipinski definition) is 2. The van der Waals surface area contributed by atoms with E-state index in [-0.39, 0.29) is 11.1 Å². The summed E-state index contributed by atoms with van der Waals surface area (Å²) >= 11 is 0. The molecule has 1 amide bonds. The molecule has 2 rings (SSSR count). The van der Waals surface area contributed by atoms with Crippen LogP contribution < -0.4 is 5.32 Å². The normalized spacial score (nSPS) is 12.9. The van der Waals surface area contributed by atoms with Crippen LogP contribution in [-0.4, -0.2) is 45.3 Å². The van der Waals surface area contributed by atoms with E-state index in [0.717, 1.165) is 4.57 Å². The molecule has 0 aliphatic heterocycles. The highest BCUT2D eigenvalue weighted by Crippen LogP contribution is 2.29. The number of alkyl carbamates (subject to hydrolysis) is 1. The second kappa shape index (κ2) is 8.17. The minimum atomic E-state index is -1.52. The first-order valence-electron chi connectivity index (χ1n) is 9.28. The summed E-state index contributed by atoms with van der Waals surface area (Å²) in [7, 11) is 0. The van der Waals surface area contributed by atoms with Crippen molar-refractivity contribution in [1.82, 2.24) is 9.88 Å². The molecule has 162 valence electrons. The predicted octanol–water partition coefficient (Wildman–Crippen LogP) is 3.89. The molecule has 0 saturated carbocycles. The molecule has 9 heteroatoms. The second-order valence-corrected chi connectivity index (χ2v) is 8.75. The van der Waals surface area contributed by atoms with Gasteiger partial charge in [-0.1, -0.05) is 0 Å². The van der Waals surface area contributed by atoms with Gasteiger partial charge in [-0.05, 0) is 59.7 Å². The molecule has 0 radical (unpaired) electrons. The van der Waals surface area contributed by atoms with Crippen LogP contribution in [-0.2, 0) is 14.3 Å². The molecule has 30 heavy (non-hydrogen) atoms. The Morgan fingerprint density at radius 3 is 2.17 bits per heavy atom. The lowest BCUT2D eigenvalue weighted by Crippen LogP contribution is -2.38. The van der Waals surface area contributed by atoms with E-state index < -0.39 is 35.4 Å². The van der Waals surface area contributed by atoms with Gasteiger partial charge in [0.05, 0.1) is 5.52 Å². The predicted molar refractivity (Wildman–Crippen MR) is 109 cm³/mol. The zero-order chi connectivity index (χ0) is 22.9. The highest BCUT2D eigenvalue weighted by Gasteiger charge is 2.30. The molecular formula is C21H26N2O7. The fraction of sp³-hybridized carbons (Fsp3) is 0.429. The summed E-state index contributed by atoms with van der Waals surface area (Å²) in [6.07, 6.45) is 0.229. The quantitative estimate of drug-likeness (QED) is 0.722. The van der Waals surface area contributed by atoms with Gasteiger partial charge in [-0.3, -0.25) is 9.36 Å². The number of rotatable bonds is 4. The van der Waals surface area contributed by atoms with Gasteiger partial charge in [-0.2, -0.15) is 0 Å². The molecule has 0 saturated heterocycles. The maximum absolute atomic E-state index is 12.7. The SMILES string of the molecule is CC(C)(C)OC(=O)NC(C(=O)O)c1cn(C(=O)OC(C)(C)C)c2ccc(C=O)cc12. The van der Waals surface area contributed by atoms with Crippen molar-refractivity contribution in [3.05, 3.63) is 35.5 Å². The monoisotopic (exact) mass is 418 g/mol. The average molecular weight is 418 g/mol. The van der Waals surface area contributed by atoms with Crippen molar-refractivity contribution in [3.8, 4) is 0 Å². The lowest BCUT2D eigenvalue weighted by Gasteiger charge is -2.22. The number of aliphatic carboxylic acids is 1. The Kier molecular flexibility index (Phi) is 6.25. The van der Waals surface area contributed by atoms with E-state index in [2.05, 4.69) is 5.32 Å². The molecule has 1 heterocycles. The van der Waals surface area contributed by atoms with E-state index in [4.69, 9.17) is 9.47 Å². The van der Waals surface area contributed by atoms with Crippen LogP contribution in [0.5, 0.6) is 0 Å². The van der Waals surface area contributed by atoms with Gasteiger partial charge in [0.15, 0.2) is 6.04 Å². The maximum atomic E-state index is 12.7. The van der Waals surface area contributed by atoms with Crippen molar-refractivity contribution in [1.29, 1.82) is 0 Å². The average Bonchev–Trinajstić information content (AvgIpc) is 2.95. The van der Waals surface area contributed by atoms with Crippen LogP contribution in [0.25, 0.3) is 10.9 Å². The summed E-state index contributed by atoms with van der Waals surface area (Å²) < 4.78 is 11.7. The topological polar surface area (TPSA) is 124 Å². The Hall–Kier alpha value is -3.36. The van der Waals surface area contributed by atoms with Gasteiger partial charge in [0.2, 0.25) is 0 Å². The highest BCUT2D eigenvalue weighted by atomic mass is 16.6. The minimum Gasteiger partial charge on any atom is -0.479 e. The van der Waals surface area contributed by atoms with Crippen molar-refractivity contribution in [2.45, 2.75) is 58.8 Å². The van der Waals surface area contributed by atoms with Gasteiger partial charge in [-0.25, -0.2) is 14.4 Å². The second-order valence-electron chi connectivity index (χ2n) is 8.75. The molecule has 1 aromatic carbocycles. The van der Waals surface area contributed by atoms with E-state index in [9.17, 15) is 24.3 Å². The number of benzene rings is 1. The van der Waals surface area contributed by atoms with E-state index in [1.54, 1.807) is 41.5 Å². The fourth-order valence-corrected chi connectivity index (χ4v) is 2.74. The van der Waals surface area contributed by atoms with Crippen molar-refractivity contribution in [2.75, 3.05) is 0 Å². The van der Waals surface area contributed by atoms with E-state index >= 15 is 0 Å². The van der Waals surface area contributed by atoms with Gasteiger partial charge in [0.1, 0.15) is 17.5 Å². The zero-order valence-corrected chi connectivity index (χ0v) is 17.8. The van der Waals surface area contributed by atoms with Crippen LogP contribution in [0.4, 0.5) is 9.59 Å². The number of fused-ring (bicyclic) bond motifs is 1.